The zero-order valence-electron chi connectivity index (χ0n) is 9.16. The molecule has 1 aliphatic carbocycles. The van der Waals surface area contributed by atoms with E-state index in [0.29, 0.717) is 17.0 Å². The number of hydrogen-bond acceptors (Lipinski definition) is 3. The highest BCUT2D eigenvalue weighted by Crippen LogP contribution is 2.39. The number of nitrogens with zero attached hydrogens (tertiary/aromatic N) is 2. The number of rotatable bonds is 3. The van der Waals surface area contributed by atoms with E-state index in [1.807, 2.05) is 6.07 Å². The summed E-state index contributed by atoms with van der Waals surface area (Å²) in [6, 6.07) is 1.91. The van der Waals surface area contributed by atoms with Crippen molar-refractivity contribution in [3.63, 3.8) is 0 Å². The molecule has 3 nitrogen and oxygen atoms in total. The van der Waals surface area contributed by atoms with E-state index in [0.717, 1.165) is 37.6 Å². The molecule has 4 heteroatoms. The molecule has 1 aromatic heterocycles. The highest BCUT2D eigenvalue weighted by Gasteiger charge is 2.26. The number of ether oxygens (including phenoxy) is 1. The molecule has 2 heterocycles. The fraction of sp³-hybridized carbons (Fsp3) is 0.667. The van der Waals surface area contributed by atoms with Crippen molar-refractivity contribution < 1.29 is 4.74 Å². The second kappa shape index (κ2) is 4.30. The quantitative estimate of drug-likeness (QED) is 0.760. The Balaban J connectivity index is 1.76. The van der Waals surface area contributed by atoms with Crippen molar-refractivity contribution in [1.82, 2.24) is 9.97 Å². The molecule has 3 rings (SSSR count). The van der Waals surface area contributed by atoms with Gasteiger partial charge in [0.15, 0.2) is 0 Å². The van der Waals surface area contributed by atoms with Gasteiger partial charge in [0.2, 0.25) is 0 Å². The fourth-order valence-electron chi connectivity index (χ4n) is 2.17. The first-order chi connectivity index (χ1) is 7.81. The van der Waals surface area contributed by atoms with Crippen LogP contribution < -0.4 is 0 Å². The van der Waals surface area contributed by atoms with Crippen LogP contribution in [0.5, 0.6) is 0 Å². The summed E-state index contributed by atoms with van der Waals surface area (Å²) >= 11 is 6.02. The predicted octanol–water partition coefficient (Wildman–Crippen LogP) is 2.59. The summed E-state index contributed by atoms with van der Waals surface area (Å²) in [4.78, 5) is 8.91. The molecule has 1 aliphatic heterocycles. The first-order valence-corrected chi connectivity index (χ1v) is 6.30. The molecule has 0 N–H and O–H groups in total. The van der Waals surface area contributed by atoms with Crippen LogP contribution >= 0.6 is 11.6 Å². The molecule has 1 atom stereocenters. The largest absolute Gasteiger partial charge is 0.381 e. The van der Waals surface area contributed by atoms with Gasteiger partial charge in [-0.3, -0.25) is 0 Å². The van der Waals surface area contributed by atoms with Gasteiger partial charge < -0.3 is 4.74 Å². The molecule has 0 amide bonds. The lowest BCUT2D eigenvalue weighted by molar-refractivity contribution is 0.185. The van der Waals surface area contributed by atoms with Crippen molar-refractivity contribution in [3.05, 3.63) is 22.7 Å². The van der Waals surface area contributed by atoms with E-state index in [-0.39, 0.29) is 0 Å². The normalized spacial score (nSPS) is 24.9. The average Bonchev–Trinajstić information content (AvgIpc) is 2.98. The topological polar surface area (TPSA) is 35.0 Å². The summed E-state index contributed by atoms with van der Waals surface area (Å²) in [5, 5.41) is 0.589. The Morgan fingerprint density at radius 3 is 2.88 bits per heavy atom. The van der Waals surface area contributed by atoms with Gasteiger partial charge in [-0.05, 0) is 31.2 Å². The number of aromatic nitrogens is 2. The summed E-state index contributed by atoms with van der Waals surface area (Å²) in [5.41, 5.74) is 1.13. The first-order valence-electron chi connectivity index (χ1n) is 5.92. The van der Waals surface area contributed by atoms with Crippen LogP contribution in [0.25, 0.3) is 0 Å². The van der Waals surface area contributed by atoms with Gasteiger partial charge in [0.1, 0.15) is 11.0 Å². The lowest BCUT2D eigenvalue weighted by Gasteiger charge is -2.07. The minimum absolute atomic E-state index is 0.575. The molecule has 16 heavy (non-hydrogen) atoms. The first kappa shape index (κ1) is 10.5. The van der Waals surface area contributed by atoms with Gasteiger partial charge in [0.25, 0.3) is 0 Å². The number of halogens is 1. The lowest BCUT2D eigenvalue weighted by Crippen LogP contribution is -2.08. The molecule has 0 bridgehead atoms. The molecule has 1 aromatic rings. The third kappa shape index (κ3) is 2.36. The predicted molar refractivity (Wildman–Crippen MR) is 61.6 cm³/mol. The molecule has 0 aromatic carbocycles. The Hall–Kier alpha value is -0.670. The average molecular weight is 239 g/mol. The van der Waals surface area contributed by atoms with Crippen molar-refractivity contribution in [3.8, 4) is 0 Å². The van der Waals surface area contributed by atoms with Crippen LogP contribution in [0, 0.1) is 5.92 Å². The van der Waals surface area contributed by atoms with E-state index in [1.165, 1.54) is 12.8 Å². The lowest BCUT2D eigenvalue weighted by atomic mass is 10.0. The van der Waals surface area contributed by atoms with Crippen molar-refractivity contribution in [1.29, 1.82) is 0 Å². The standard InChI is InChI=1S/C12H15ClN2O/c13-11-6-10(9-1-2-9)14-12(15-11)5-8-3-4-16-7-8/h6,8-9H,1-5,7H2. The maximum atomic E-state index is 6.02. The summed E-state index contributed by atoms with van der Waals surface area (Å²) in [6.07, 6.45) is 4.52. The van der Waals surface area contributed by atoms with Crippen molar-refractivity contribution in [2.75, 3.05) is 13.2 Å². The molecule has 1 unspecified atom stereocenters. The van der Waals surface area contributed by atoms with E-state index in [9.17, 15) is 0 Å². The van der Waals surface area contributed by atoms with Gasteiger partial charge in [-0.25, -0.2) is 9.97 Å². The number of hydrogen-bond donors (Lipinski definition) is 0. The Morgan fingerprint density at radius 1 is 1.31 bits per heavy atom. The molecular formula is C12H15ClN2O. The summed E-state index contributed by atoms with van der Waals surface area (Å²) in [6.45, 7) is 1.72. The molecule has 0 radical (unpaired) electrons. The summed E-state index contributed by atoms with van der Waals surface area (Å²) in [5.74, 6) is 2.11. The van der Waals surface area contributed by atoms with Crippen LogP contribution in [0.4, 0.5) is 0 Å². The van der Waals surface area contributed by atoms with E-state index < -0.39 is 0 Å². The summed E-state index contributed by atoms with van der Waals surface area (Å²) < 4.78 is 5.36. The van der Waals surface area contributed by atoms with Crippen LogP contribution in [-0.2, 0) is 11.2 Å². The molecule has 2 fully saturated rings. The third-order valence-electron chi connectivity index (χ3n) is 3.25. The SMILES string of the molecule is Clc1cc(C2CC2)nc(CC2CCOC2)n1. The molecule has 86 valence electrons. The smallest absolute Gasteiger partial charge is 0.133 e. The zero-order chi connectivity index (χ0) is 11.0. The summed E-state index contributed by atoms with van der Waals surface area (Å²) in [7, 11) is 0. The van der Waals surface area contributed by atoms with Crippen LogP contribution in [0.2, 0.25) is 5.15 Å². The van der Waals surface area contributed by atoms with Crippen LogP contribution in [0.15, 0.2) is 6.07 Å². The highest BCUT2D eigenvalue weighted by atomic mass is 35.5. The second-order valence-corrected chi connectivity index (χ2v) is 5.13. The molecule has 0 spiro atoms. The molecular weight excluding hydrogens is 224 g/mol. The van der Waals surface area contributed by atoms with Crippen LogP contribution in [-0.4, -0.2) is 23.2 Å². The van der Waals surface area contributed by atoms with Gasteiger partial charge in [-0.2, -0.15) is 0 Å². The highest BCUT2D eigenvalue weighted by molar-refractivity contribution is 6.29. The molecule has 2 aliphatic rings. The van der Waals surface area contributed by atoms with Crippen LogP contribution in [0.3, 0.4) is 0 Å². The monoisotopic (exact) mass is 238 g/mol. The van der Waals surface area contributed by atoms with Crippen molar-refractivity contribution in [2.45, 2.75) is 31.6 Å². The van der Waals surface area contributed by atoms with Gasteiger partial charge >= 0.3 is 0 Å². The van der Waals surface area contributed by atoms with E-state index in [1.54, 1.807) is 0 Å². The fourth-order valence-corrected chi connectivity index (χ4v) is 2.38. The van der Waals surface area contributed by atoms with E-state index >= 15 is 0 Å². The van der Waals surface area contributed by atoms with E-state index in [4.69, 9.17) is 16.3 Å². The van der Waals surface area contributed by atoms with Gasteiger partial charge in [0.05, 0.1) is 0 Å². The van der Waals surface area contributed by atoms with E-state index in [2.05, 4.69) is 9.97 Å². The minimum Gasteiger partial charge on any atom is -0.381 e. The zero-order valence-corrected chi connectivity index (χ0v) is 9.91. The van der Waals surface area contributed by atoms with Crippen molar-refractivity contribution in [2.24, 2.45) is 5.92 Å². The van der Waals surface area contributed by atoms with Gasteiger partial charge in [-0.15, -0.1) is 0 Å². The Bertz CT molecular complexity index is 387. The molecule has 1 saturated carbocycles. The van der Waals surface area contributed by atoms with Crippen molar-refractivity contribution >= 4 is 11.6 Å². The maximum Gasteiger partial charge on any atom is 0.133 e. The minimum atomic E-state index is 0.575. The van der Waals surface area contributed by atoms with Gasteiger partial charge in [-0.1, -0.05) is 11.6 Å². The molecule has 1 saturated heterocycles. The third-order valence-corrected chi connectivity index (χ3v) is 3.45. The Labute approximate surface area is 100 Å². The maximum absolute atomic E-state index is 6.02. The Kier molecular flexibility index (Phi) is 2.82. The second-order valence-electron chi connectivity index (χ2n) is 4.74. The van der Waals surface area contributed by atoms with Crippen LogP contribution in [0.1, 0.15) is 36.7 Å². The van der Waals surface area contributed by atoms with Gasteiger partial charge in [0, 0.05) is 31.2 Å². The Morgan fingerprint density at radius 2 is 2.19 bits per heavy atom.